The molecule has 0 radical (unpaired) electrons. The van der Waals surface area contributed by atoms with Crippen molar-refractivity contribution in [3.8, 4) is 5.75 Å². The van der Waals surface area contributed by atoms with Gasteiger partial charge in [-0.15, -0.1) is 0 Å². The number of aromatic hydroxyl groups is 1. The number of para-hydroxylation sites is 1. The molecule has 1 saturated carbocycles. The quantitative estimate of drug-likeness (QED) is 0.798. The van der Waals surface area contributed by atoms with Crippen LogP contribution in [0.3, 0.4) is 0 Å². The first-order valence-corrected chi connectivity index (χ1v) is 9.35. The molecule has 0 aromatic heterocycles. The maximum atomic E-state index is 12.6. The number of nitrogens with one attached hydrogen (secondary N) is 1. The minimum Gasteiger partial charge on any atom is -0.508 e. The molecule has 3 nitrogen and oxygen atoms in total. The first kappa shape index (κ1) is 17.5. The van der Waals surface area contributed by atoms with E-state index in [0.29, 0.717) is 18.8 Å². The molecule has 132 valence electrons. The molecule has 0 bridgehead atoms. The Morgan fingerprint density at radius 3 is 2.40 bits per heavy atom. The SMILES string of the molecule is O=C(CCc1ccccc1O)NC(c1ccccc1)C1CCCCC1. The minimum absolute atomic E-state index is 0.0580. The zero-order valence-electron chi connectivity index (χ0n) is 14.7. The van der Waals surface area contributed by atoms with Gasteiger partial charge in [-0.1, -0.05) is 67.8 Å². The van der Waals surface area contributed by atoms with Crippen LogP contribution in [0.25, 0.3) is 0 Å². The lowest BCUT2D eigenvalue weighted by Crippen LogP contribution is -2.34. The Hall–Kier alpha value is -2.29. The van der Waals surface area contributed by atoms with E-state index in [2.05, 4.69) is 17.4 Å². The number of benzene rings is 2. The van der Waals surface area contributed by atoms with Crippen molar-refractivity contribution < 1.29 is 9.90 Å². The highest BCUT2D eigenvalue weighted by Gasteiger charge is 2.26. The number of carbonyl (C=O) groups excluding carboxylic acids is 1. The molecule has 3 heteroatoms. The highest BCUT2D eigenvalue weighted by atomic mass is 16.3. The number of phenols is 1. The van der Waals surface area contributed by atoms with Gasteiger partial charge in [0, 0.05) is 6.42 Å². The number of rotatable bonds is 6. The summed E-state index contributed by atoms with van der Waals surface area (Å²) >= 11 is 0. The molecule has 2 aromatic carbocycles. The van der Waals surface area contributed by atoms with Crippen LogP contribution < -0.4 is 5.32 Å². The molecule has 0 aliphatic heterocycles. The van der Waals surface area contributed by atoms with Gasteiger partial charge < -0.3 is 10.4 Å². The lowest BCUT2D eigenvalue weighted by atomic mass is 9.81. The van der Waals surface area contributed by atoms with E-state index in [4.69, 9.17) is 0 Å². The summed E-state index contributed by atoms with van der Waals surface area (Å²) in [4.78, 5) is 12.6. The summed E-state index contributed by atoms with van der Waals surface area (Å²) in [5.41, 5.74) is 2.02. The summed E-state index contributed by atoms with van der Waals surface area (Å²) in [5, 5.41) is 13.1. The Morgan fingerprint density at radius 2 is 1.68 bits per heavy atom. The van der Waals surface area contributed by atoms with Crippen molar-refractivity contribution in [3.05, 3.63) is 65.7 Å². The van der Waals surface area contributed by atoms with E-state index in [0.717, 1.165) is 5.56 Å². The van der Waals surface area contributed by atoms with Gasteiger partial charge in [0.15, 0.2) is 0 Å². The number of hydrogen-bond acceptors (Lipinski definition) is 2. The molecule has 3 rings (SSSR count). The van der Waals surface area contributed by atoms with E-state index in [9.17, 15) is 9.90 Å². The first-order chi connectivity index (χ1) is 12.2. The van der Waals surface area contributed by atoms with Crippen LogP contribution in [0.5, 0.6) is 5.75 Å². The van der Waals surface area contributed by atoms with Gasteiger partial charge in [-0.05, 0) is 42.4 Å². The zero-order valence-corrected chi connectivity index (χ0v) is 14.7. The Labute approximate surface area is 150 Å². The highest BCUT2D eigenvalue weighted by Crippen LogP contribution is 2.34. The second-order valence-electron chi connectivity index (χ2n) is 6.98. The smallest absolute Gasteiger partial charge is 0.220 e. The number of aryl methyl sites for hydroxylation is 1. The predicted molar refractivity (Wildman–Crippen MR) is 100 cm³/mol. The van der Waals surface area contributed by atoms with Crippen LogP contribution in [0.1, 0.15) is 55.7 Å². The summed E-state index contributed by atoms with van der Waals surface area (Å²) in [6, 6.07) is 17.7. The van der Waals surface area contributed by atoms with Gasteiger partial charge in [0.1, 0.15) is 5.75 Å². The van der Waals surface area contributed by atoms with Crippen LogP contribution in [-0.4, -0.2) is 11.0 Å². The largest absolute Gasteiger partial charge is 0.508 e. The third-order valence-corrected chi connectivity index (χ3v) is 5.21. The third-order valence-electron chi connectivity index (χ3n) is 5.21. The van der Waals surface area contributed by atoms with Crippen LogP contribution >= 0.6 is 0 Å². The Kier molecular flexibility index (Phi) is 6.10. The van der Waals surface area contributed by atoms with E-state index in [1.54, 1.807) is 12.1 Å². The van der Waals surface area contributed by atoms with Gasteiger partial charge in [-0.2, -0.15) is 0 Å². The Bertz CT molecular complexity index is 677. The zero-order chi connectivity index (χ0) is 17.5. The van der Waals surface area contributed by atoms with Crippen LogP contribution in [0.15, 0.2) is 54.6 Å². The molecule has 1 amide bonds. The normalized spacial score (nSPS) is 16.3. The molecule has 0 spiro atoms. The summed E-state index contributed by atoms with van der Waals surface area (Å²) in [7, 11) is 0. The number of phenolic OH excluding ortho intramolecular Hbond substituents is 1. The molecule has 1 aliphatic carbocycles. The van der Waals surface area contributed by atoms with Crippen molar-refractivity contribution in [1.82, 2.24) is 5.32 Å². The summed E-state index contributed by atoms with van der Waals surface area (Å²) < 4.78 is 0. The predicted octanol–water partition coefficient (Wildman–Crippen LogP) is 4.76. The lowest BCUT2D eigenvalue weighted by molar-refractivity contribution is -0.122. The van der Waals surface area contributed by atoms with Crippen LogP contribution in [-0.2, 0) is 11.2 Å². The fraction of sp³-hybridized carbons (Fsp3) is 0.409. The standard InChI is InChI=1S/C22H27NO2/c24-20-14-8-7-9-17(20)15-16-21(25)23-22(18-10-3-1-4-11-18)19-12-5-2-6-13-19/h1,3-4,7-11,14,19,22,24H,2,5-6,12-13,15-16H2,(H,23,25). The van der Waals surface area contributed by atoms with Crippen molar-refractivity contribution >= 4 is 5.91 Å². The molecular formula is C22H27NO2. The molecule has 2 aromatic rings. The minimum atomic E-state index is 0.0580. The van der Waals surface area contributed by atoms with Crippen molar-refractivity contribution in [2.45, 2.75) is 51.0 Å². The molecule has 2 N–H and O–H groups in total. The van der Waals surface area contributed by atoms with E-state index < -0.39 is 0 Å². The third kappa shape index (κ3) is 4.85. The number of carbonyl (C=O) groups is 1. The molecule has 0 saturated heterocycles. The molecular weight excluding hydrogens is 310 g/mol. The Balaban J connectivity index is 1.65. The van der Waals surface area contributed by atoms with Gasteiger partial charge in [-0.3, -0.25) is 4.79 Å². The van der Waals surface area contributed by atoms with Gasteiger partial charge in [0.25, 0.3) is 0 Å². The van der Waals surface area contributed by atoms with Crippen LogP contribution in [0.4, 0.5) is 0 Å². The first-order valence-electron chi connectivity index (χ1n) is 9.35. The van der Waals surface area contributed by atoms with Crippen molar-refractivity contribution in [1.29, 1.82) is 0 Å². The van der Waals surface area contributed by atoms with Crippen molar-refractivity contribution in [2.24, 2.45) is 5.92 Å². The Morgan fingerprint density at radius 1 is 1.00 bits per heavy atom. The maximum absolute atomic E-state index is 12.6. The average molecular weight is 337 g/mol. The second kappa shape index (κ2) is 8.70. The van der Waals surface area contributed by atoms with E-state index in [-0.39, 0.29) is 17.7 Å². The van der Waals surface area contributed by atoms with E-state index in [1.165, 1.54) is 37.7 Å². The number of hydrogen-bond donors (Lipinski definition) is 2. The van der Waals surface area contributed by atoms with Gasteiger partial charge in [-0.25, -0.2) is 0 Å². The number of amides is 1. The highest BCUT2D eigenvalue weighted by molar-refractivity contribution is 5.76. The van der Waals surface area contributed by atoms with Crippen molar-refractivity contribution in [2.75, 3.05) is 0 Å². The maximum Gasteiger partial charge on any atom is 0.220 e. The lowest BCUT2D eigenvalue weighted by Gasteiger charge is -2.31. The average Bonchev–Trinajstić information content (AvgIpc) is 2.67. The second-order valence-corrected chi connectivity index (χ2v) is 6.98. The van der Waals surface area contributed by atoms with Crippen molar-refractivity contribution in [3.63, 3.8) is 0 Å². The fourth-order valence-corrected chi connectivity index (χ4v) is 3.82. The molecule has 0 heterocycles. The summed E-state index contributed by atoms with van der Waals surface area (Å²) in [6.07, 6.45) is 7.12. The molecule has 25 heavy (non-hydrogen) atoms. The van der Waals surface area contributed by atoms with Crippen LogP contribution in [0.2, 0.25) is 0 Å². The molecule has 1 aliphatic rings. The monoisotopic (exact) mass is 337 g/mol. The van der Waals surface area contributed by atoms with E-state index >= 15 is 0 Å². The van der Waals surface area contributed by atoms with Gasteiger partial charge in [0.2, 0.25) is 5.91 Å². The topological polar surface area (TPSA) is 49.3 Å². The fourth-order valence-electron chi connectivity index (χ4n) is 3.82. The summed E-state index contributed by atoms with van der Waals surface area (Å²) in [6.45, 7) is 0. The van der Waals surface area contributed by atoms with Crippen LogP contribution in [0, 0.1) is 5.92 Å². The summed E-state index contributed by atoms with van der Waals surface area (Å²) in [5.74, 6) is 0.843. The van der Waals surface area contributed by atoms with Gasteiger partial charge >= 0.3 is 0 Å². The molecule has 1 fully saturated rings. The molecule has 1 atom stereocenters. The van der Waals surface area contributed by atoms with E-state index in [1.807, 2.05) is 30.3 Å². The van der Waals surface area contributed by atoms with Gasteiger partial charge in [0.05, 0.1) is 6.04 Å². The molecule has 1 unspecified atom stereocenters.